The summed E-state index contributed by atoms with van der Waals surface area (Å²) in [6.07, 6.45) is 0. The highest BCUT2D eigenvalue weighted by Gasteiger charge is 2.21. The lowest BCUT2D eigenvalue weighted by molar-refractivity contribution is 0.669. The first-order chi connectivity index (χ1) is 29.7. The third kappa shape index (κ3) is 4.91. The van der Waals surface area contributed by atoms with Crippen LogP contribution >= 0.6 is 0 Å². The van der Waals surface area contributed by atoms with Gasteiger partial charge in [0.05, 0.1) is 16.7 Å². The summed E-state index contributed by atoms with van der Waals surface area (Å²) in [5, 5.41) is 11.6. The lowest BCUT2D eigenvalue weighted by Gasteiger charge is -2.27. The van der Waals surface area contributed by atoms with Crippen LogP contribution in [-0.4, -0.2) is 4.57 Å². The summed E-state index contributed by atoms with van der Waals surface area (Å²) < 4.78 is 15.5. The van der Waals surface area contributed by atoms with Crippen molar-refractivity contribution in [1.82, 2.24) is 4.57 Å². The van der Waals surface area contributed by atoms with Crippen molar-refractivity contribution >= 4 is 104 Å². The Bertz CT molecular complexity index is 3850. The average molecular weight is 767 g/mol. The number of furan rings is 2. The summed E-state index contributed by atoms with van der Waals surface area (Å²) in [5.41, 5.74) is 12.4. The van der Waals surface area contributed by atoms with Gasteiger partial charge in [-0.3, -0.25) is 0 Å². The van der Waals surface area contributed by atoms with E-state index < -0.39 is 0 Å². The van der Waals surface area contributed by atoms with Crippen LogP contribution in [0.5, 0.6) is 0 Å². The topological polar surface area (TPSA) is 34.5 Å². The van der Waals surface area contributed by atoms with Crippen molar-refractivity contribution in [3.8, 4) is 16.8 Å². The molecule has 0 radical (unpaired) electrons. The minimum atomic E-state index is 0.834. The number of rotatable bonds is 5. The maximum absolute atomic E-state index is 6.71. The third-order valence-electron chi connectivity index (χ3n) is 12.3. The smallest absolute Gasteiger partial charge is 0.137 e. The molecule has 0 aliphatic rings. The van der Waals surface area contributed by atoms with Crippen molar-refractivity contribution < 1.29 is 8.83 Å². The van der Waals surface area contributed by atoms with Crippen LogP contribution in [0.15, 0.2) is 215 Å². The molecule has 60 heavy (non-hydrogen) atoms. The molecule has 0 bridgehead atoms. The summed E-state index contributed by atoms with van der Waals surface area (Å²) in [6, 6.07) is 73.8. The Morgan fingerprint density at radius 2 is 0.867 bits per heavy atom. The zero-order chi connectivity index (χ0) is 39.3. The van der Waals surface area contributed by atoms with Crippen molar-refractivity contribution in [2.45, 2.75) is 0 Å². The molecule has 0 aliphatic carbocycles. The molecular weight excluding hydrogens is 733 g/mol. The van der Waals surface area contributed by atoms with Crippen molar-refractivity contribution in [1.29, 1.82) is 0 Å². The molecule has 10 aromatic carbocycles. The normalized spacial score (nSPS) is 12.0. The molecule has 280 valence electrons. The van der Waals surface area contributed by atoms with Gasteiger partial charge in [0.25, 0.3) is 0 Å². The van der Waals surface area contributed by atoms with E-state index in [-0.39, 0.29) is 0 Å². The largest absolute Gasteiger partial charge is 0.456 e. The van der Waals surface area contributed by atoms with Gasteiger partial charge >= 0.3 is 0 Å². The molecule has 0 unspecified atom stereocenters. The van der Waals surface area contributed by atoms with E-state index in [1.54, 1.807) is 0 Å². The van der Waals surface area contributed by atoms with Gasteiger partial charge in [-0.15, -0.1) is 0 Å². The number of fused-ring (bicyclic) bond motifs is 12. The second kappa shape index (κ2) is 12.7. The van der Waals surface area contributed by atoms with Crippen LogP contribution in [0.25, 0.3) is 104 Å². The van der Waals surface area contributed by atoms with Crippen LogP contribution < -0.4 is 4.90 Å². The maximum Gasteiger partial charge on any atom is 0.137 e. The molecule has 4 heteroatoms. The molecule has 0 N–H and O–H groups in total. The number of aromatic nitrogens is 1. The molecule has 3 heterocycles. The van der Waals surface area contributed by atoms with Crippen molar-refractivity contribution in [3.05, 3.63) is 206 Å². The standard InChI is InChI=1S/C56H34N2O2/c1-2-13-38(14-3-1)58-50-20-10-8-18-44(50)48-30-35(22-28-51(48)58)36-23-29-54-49(31-36)47-27-25-40(34-56(47)60-54)57(39-24-26-46-45-19-9-11-21-53(45)59-55(46)33-39)52-32-37-12-4-5-15-41(37)42-16-6-7-17-43(42)52/h1-34H. The summed E-state index contributed by atoms with van der Waals surface area (Å²) in [5.74, 6) is 0. The van der Waals surface area contributed by atoms with Gasteiger partial charge in [0.2, 0.25) is 0 Å². The SMILES string of the molecule is c1ccc(-n2c3ccccc3c3cc(-c4ccc5oc6cc(N(c7ccc8c(c7)oc7ccccc78)c7cc8ccccc8c8ccccc78)ccc6c5c4)ccc32)cc1. The van der Waals surface area contributed by atoms with Crippen LogP contribution in [-0.2, 0) is 0 Å². The Morgan fingerprint density at radius 3 is 1.65 bits per heavy atom. The van der Waals surface area contributed by atoms with Crippen LogP contribution in [0.1, 0.15) is 0 Å². The highest BCUT2D eigenvalue weighted by molar-refractivity contribution is 6.16. The van der Waals surface area contributed by atoms with E-state index in [1.165, 1.54) is 48.9 Å². The number of nitrogens with zero attached hydrogens (tertiary/aromatic N) is 2. The highest BCUT2D eigenvalue weighted by Crippen LogP contribution is 2.45. The molecule has 0 saturated carbocycles. The quantitative estimate of drug-likeness (QED) is 0.164. The second-order valence-electron chi connectivity index (χ2n) is 15.7. The van der Waals surface area contributed by atoms with Crippen LogP contribution in [0.2, 0.25) is 0 Å². The fourth-order valence-corrected chi connectivity index (χ4v) is 9.59. The van der Waals surface area contributed by atoms with E-state index in [9.17, 15) is 0 Å². The van der Waals surface area contributed by atoms with Crippen LogP contribution in [0.4, 0.5) is 17.1 Å². The van der Waals surface area contributed by atoms with Crippen molar-refractivity contribution in [2.24, 2.45) is 0 Å². The molecule has 0 saturated heterocycles. The molecule has 0 aliphatic heterocycles. The Kier molecular flexibility index (Phi) is 6.98. The van der Waals surface area contributed by atoms with Crippen molar-refractivity contribution in [3.63, 3.8) is 0 Å². The molecule has 4 nitrogen and oxygen atoms in total. The van der Waals surface area contributed by atoms with Gasteiger partial charge < -0.3 is 18.3 Å². The van der Waals surface area contributed by atoms with Crippen molar-refractivity contribution in [2.75, 3.05) is 4.90 Å². The monoisotopic (exact) mass is 766 g/mol. The highest BCUT2D eigenvalue weighted by atomic mass is 16.3. The Hall–Kier alpha value is -8.08. The Morgan fingerprint density at radius 1 is 0.317 bits per heavy atom. The molecule has 0 fully saturated rings. The fraction of sp³-hybridized carbons (Fsp3) is 0. The predicted octanol–water partition coefficient (Wildman–Crippen LogP) is 16.0. The average Bonchev–Trinajstić information content (AvgIpc) is 3.98. The molecule has 13 rings (SSSR count). The molecule has 3 aromatic heterocycles. The zero-order valence-corrected chi connectivity index (χ0v) is 32.3. The molecule has 13 aromatic rings. The van der Waals surface area contributed by atoms with E-state index in [4.69, 9.17) is 8.83 Å². The third-order valence-corrected chi connectivity index (χ3v) is 12.3. The number of hydrogen-bond donors (Lipinski definition) is 0. The van der Waals surface area contributed by atoms with Gasteiger partial charge in [-0.25, -0.2) is 0 Å². The van der Waals surface area contributed by atoms with Gasteiger partial charge in [-0.2, -0.15) is 0 Å². The minimum absolute atomic E-state index is 0.834. The fourth-order valence-electron chi connectivity index (χ4n) is 9.59. The lowest BCUT2D eigenvalue weighted by atomic mass is 9.98. The zero-order valence-electron chi connectivity index (χ0n) is 32.3. The maximum atomic E-state index is 6.71. The first-order valence-electron chi connectivity index (χ1n) is 20.4. The number of para-hydroxylation sites is 3. The van der Waals surface area contributed by atoms with Gasteiger partial charge in [-0.1, -0.05) is 115 Å². The van der Waals surface area contributed by atoms with E-state index in [2.05, 4.69) is 204 Å². The first-order valence-corrected chi connectivity index (χ1v) is 20.4. The van der Waals surface area contributed by atoms with Gasteiger partial charge in [-0.05, 0) is 106 Å². The van der Waals surface area contributed by atoms with Gasteiger partial charge in [0, 0.05) is 66.9 Å². The minimum Gasteiger partial charge on any atom is -0.456 e. The molecular formula is C56H34N2O2. The number of anilines is 3. The Labute approximate surface area is 344 Å². The summed E-state index contributed by atoms with van der Waals surface area (Å²) in [7, 11) is 0. The predicted molar refractivity (Wildman–Crippen MR) is 250 cm³/mol. The van der Waals surface area contributed by atoms with E-state index in [0.29, 0.717) is 0 Å². The van der Waals surface area contributed by atoms with E-state index in [1.807, 2.05) is 12.1 Å². The van der Waals surface area contributed by atoms with Crippen LogP contribution in [0.3, 0.4) is 0 Å². The molecule has 0 atom stereocenters. The summed E-state index contributed by atoms with van der Waals surface area (Å²) in [6.45, 7) is 0. The van der Waals surface area contributed by atoms with E-state index in [0.717, 1.165) is 72.2 Å². The number of benzene rings is 10. The first kappa shape index (κ1) is 32.9. The Balaban J connectivity index is 0.976. The van der Waals surface area contributed by atoms with Gasteiger partial charge in [0.15, 0.2) is 0 Å². The molecule has 0 spiro atoms. The second-order valence-corrected chi connectivity index (χ2v) is 15.7. The summed E-state index contributed by atoms with van der Waals surface area (Å²) in [4.78, 5) is 2.35. The summed E-state index contributed by atoms with van der Waals surface area (Å²) >= 11 is 0. The number of hydrogen-bond acceptors (Lipinski definition) is 3. The van der Waals surface area contributed by atoms with Crippen LogP contribution in [0, 0.1) is 0 Å². The molecule has 0 amide bonds. The van der Waals surface area contributed by atoms with Gasteiger partial charge in [0.1, 0.15) is 22.3 Å². The van der Waals surface area contributed by atoms with E-state index >= 15 is 0 Å². The lowest BCUT2D eigenvalue weighted by Crippen LogP contribution is -2.10.